The van der Waals surface area contributed by atoms with Crippen LogP contribution >= 0.6 is 0 Å². The number of hydrogen-bond acceptors (Lipinski definition) is 2. The van der Waals surface area contributed by atoms with Gasteiger partial charge in [0.25, 0.3) is 0 Å². The lowest BCUT2D eigenvalue weighted by Gasteiger charge is -2.38. The van der Waals surface area contributed by atoms with Gasteiger partial charge in [-0.15, -0.1) is 0 Å². The van der Waals surface area contributed by atoms with Crippen LogP contribution in [0.4, 0.5) is 0 Å². The molecule has 0 aromatic heterocycles. The second kappa shape index (κ2) is 2.46. The molecule has 64 valence electrons. The summed E-state index contributed by atoms with van der Waals surface area (Å²) in [6.07, 6.45) is 2.73. The van der Waals surface area contributed by atoms with Crippen LogP contribution in [0.5, 0.6) is 0 Å². The number of rotatable bonds is 1. The van der Waals surface area contributed by atoms with Crippen molar-refractivity contribution < 1.29 is 0 Å². The molecule has 2 heterocycles. The van der Waals surface area contributed by atoms with Crippen molar-refractivity contribution in [1.82, 2.24) is 10.6 Å². The maximum absolute atomic E-state index is 3.74. The maximum atomic E-state index is 3.74. The van der Waals surface area contributed by atoms with Crippen LogP contribution in [-0.4, -0.2) is 24.7 Å². The Morgan fingerprint density at radius 2 is 2.27 bits per heavy atom. The van der Waals surface area contributed by atoms with Crippen LogP contribution in [0.2, 0.25) is 0 Å². The Morgan fingerprint density at radius 3 is 2.91 bits per heavy atom. The topological polar surface area (TPSA) is 24.1 Å². The van der Waals surface area contributed by atoms with Gasteiger partial charge in [-0.3, -0.25) is 0 Å². The Kier molecular flexibility index (Phi) is 1.69. The lowest BCUT2D eigenvalue weighted by Crippen LogP contribution is -2.60. The monoisotopic (exact) mass is 154 g/mol. The number of piperazine rings is 1. The fraction of sp³-hybridized carbons (Fsp3) is 1.00. The van der Waals surface area contributed by atoms with Crippen LogP contribution < -0.4 is 10.6 Å². The van der Waals surface area contributed by atoms with Gasteiger partial charge >= 0.3 is 0 Å². The van der Waals surface area contributed by atoms with Gasteiger partial charge in [-0.05, 0) is 18.8 Å². The molecular formula is C9H18N2. The first-order chi connectivity index (χ1) is 5.23. The molecule has 0 saturated carbocycles. The largest absolute Gasteiger partial charge is 0.313 e. The van der Waals surface area contributed by atoms with E-state index in [1.807, 2.05) is 0 Å². The molecular weight excluding hydrogens is 136 g/mol. The van der Waals surface area contributed by atoms with Crippen molar-refractivity contribution >= 4 is 0 Å². The third-order valence-electron chi connectivity index (χ3n) is 3.37. The summed E-state index contributed by atoms with van der Waals surface area (Å²) in [7, 11) is 0. The first-order valence-electron chi connectivity index (χ1n) is 4.71. The first kappa shape index (κ1) is 7.56. The molecule has 2 fully saturated rings. The zero-order valence-electron chi connectivity index (χ0n) is 7.48. The summed E-state index contributed by atoms with van der Waals surface area (Å²) in [5.74, 6) is 0.764. The average Bonchev–Trinajstić information content (AvgIpc) is 2.29. The predicted octanol–water partition coefficient (Wildman–Crippen LogP) is 0.736. The Labute approximate surface area is 68.7 Å². The molecule has 0 aliphatic carbocycles. The SMILES string of the molecule is CC(C)C12CCC(CNC1)N2. The standard InChI is InChI=1S/C9H18N2/c1-7(2)9-4-3-8(11-9)5-10-6-9/h7-8,10-11H,3-6H2,1-2H3. The Morgan fingerprint density at radius 1 is 1.45 bits per heavy atom. The minimum absolute atomic E-state index is 0.433. The Hall–Kier alpha value is -0.0800. The molecule has 2 aliphatic rings. The number of nitrogens with one attached hydrogen (secondary N) is 2. The molecule has 2 heteroatoms. The lowest BCUT2D eigenvalue weighted by atomic mass is 9.85. The highest BCUT2D eigenvalue weighted by Gasteiger charge is 2.43. The summed E-state index contributed by atoms with van der Waals surface area (Å²) in [5, 5.41) is 7.25. The highest BCUT2D eigenvalue weighted by molar-refractivity contribution is 5.05. The second-order valence-corrected chi connectivity index (χ2v) is 4.32. The van der Waals surface area contributed by atoms with Crippen molar-refractivity contribution in [2.75, 3.05) is 13.1 Å². The summed E-state index contributed by atoms with van der Waals surface area (Å²) >= 11 is 0. The van der Waals surface area contributed by atoms with E-state index in [-0.39, 0.29) is 0 Å². The van der Waals surface area contributed by atoms with E-state index in [4.69, 9.17) is 0 Å². The van der Waals surface area contributed by atoms with E-state index in [9.17, 15) is 0 Å². The van der Waals surface area contributed by atoms with Gasteiger partial charge in [0, 0.05) is 24.7 Å². The third-order valence-corrected chi connectivity index (χ3v) is 3.37. The zero-order valence-corrected chi connectivity index (χ0v) is 7.48. The van der Waals surface area contributed by atoms with Crippen molar-refractivity contribution in [3.05, 3.63) is 0 Å². The molecule has 2 nitrogen and oxygen atoms in total. The van der Waals surface area contributed by atoms with E-state index in [1.54, 1.807) is 0 Å². The molecule has 2 bridgehead atoms. The summed E-state index contributed by atoms with van der Waals surface area (Å²) in [4.78, 5) is 0. The number of hydrogen-bond donors (Lipinski definition) is 2. The lowest BCUT2D eigenvalue weighted by molar-refractivity contribution is 0.221. The van der Waals surface area contributed by atoms with Crippen LogP contribution in [-0.2, 0) is 0 Å². The summed E-state index contributed by atoms with van der Waals surface area (Å²) in [6, 6.07) is 0.756. The van der Waals surface area contributed by atoms with Gasteiger partial charge in [-0.1, -0.05) is 13.8 Å². The molecule has 0 aromatic rings. The van der Waals surface area contributed by atoms with Gasteiger partial charge in [0.15, 0.2) is 0 Å². The Balaban J connectivity index is 2.13. The van der Waals surface area contributed by atoms with E-state index in [0.717, 1.165) is 12.0 Å². The summed E-state index contributed by atoms with van der Waals surface area (Å²) in [5.41, 5.74) is 0.433. The highest BCUT2D eigenvalue weighted by atomic mass is 15.2. The van der Waals surface area contributed by atoms with Crippen LogP contribution in [0.1, 0.15) is 26.7 Å². The van der Waals surface area contributed by atoms with Gasteiger partial charge in [-0.25, -0.2) is 0 Å². The summed E-state index contributed by atoms with van der Waals surface area (Å²) < 4.78 is 0. The van der Waals surface area contributed by atoms with Crippen molar-refractivity contribution in [2.45, 2.75) is 38.3 Å². The number of fused-ring (bicyclic) bond motifs is 2. The van der Waals surface area contributed by atoms with Crippen LogP contribution in [0, 0.1) is 5.92 Å². The highest BCUT2D eigenvalue weighted by Crippen LogP contribution is 2.31. The molecule has 0 amide bonds. The molecule has 2 rings (SSSR count). The van der Waals surface area contributed by atoms with E-state index < -0.39 is 0 Å². The van der Waals surface area contributed by atoms with Crippen molar-refractivity contribution in [2.24, 2.45) is 5.92 Å². The fourth-order valence-electron chi connectivity index (χ4n) is 2.40. The molecule has 2 atom stereocenters. The van der Waals surface area contributed by atoms with E-state index in [0.29, 0.717) is 5.54 Å². The minimum Gasteiger partial charge on any atom is -0.313 e. The normalized spacial score (nSPS) is 43.4. The Bertz CT molecular complexity index is 152. The van der Waals surface area contributed by atoms with Crippen molar-refractivity contribution in [3.63, 3.8) is 0 Å². The second-order valence-electron chi connectivity index (χ2n) is 4.32. The molecule has 2 N–H and O–H groups in total. The van der Waals surface area contributed by atoms with E-state index in [2.05, 4.69) is 24.5 Å². The van der Waals surface area contributed by atoms with Crippen LogP contribution in [0.3, 0.4) is 0 Å². The van der Waals surface area contributed by atoms with E-state index in [1.165, 1.54) is 25.9 Å². The van der Waals surface area contributed by atoms with Gasteiger partial charge < -0.3 is 10.6 Å². The van der Waals surface area contributed by atoms with Gasteiger partial charge in [0.1, 0.15) is 0 Å². The average molecular weight is 154 g/mol. The quantitative estimate of drug-likeness (QED) is 0.582. The molecule has 0 radical (unpaired) electrons. The smallest absolute Gasteiger partial charge is 0.0332 e. The predicted molar refractivity (Wildman–Crippen MR) is 46.6 cm³/mol. The molecule has 11 heavy (non-hydrogen) atoms. The summed E-state index contributed by atoms with van der Waals surface area (Å²) in [6.45, 7) is 6.99. The maximum Gasteiger partial charge on any atom is 0.0332 e. The van der Waals surface area contributed by atoms with E-state index >= 15 is 0 Å². The zero-order chi connectivity index (χ0) is 7.90. The van der Waals surface area contributed by atoms with Gasteiger partial charge in [-0.2, -0.15) is 0 Å². The molecule has 2 aliphatic heterocycles. The minimum atomic E-state index is 0.433. The first-order valence-corrected chi connectivity index (χ1v) is 4.71. The van der Waals surface area contributed by atoms with Gasteiger partial charge in [0.05, 0.1) is 0 Å². The van der Waals surface area contributed by atoms with Crippen LogP contribution in [0.15, 0.2) is 0 Å². The van der Waals surface area contributed by atoms with Crippen LogP contribution in [0.25, 0.3) is 0 Å². The third kappa shape index (κ3) is 1.09. The molecule has 0 spiro atoms. The fourth-order valence-corrected chi connectivity index (χ4v) is 2.40. The molecule has 2 saturated heterocycles. The van der Waals surface area contributed by atoms with Crippen molar-refractivity contribution in [3.8, 4) is 0 Å². The van der Waals surface area contributed by atoms with Gasteiger partial charge in [0.2, 0.25) is 0 Å². The van der Waals surface area contributed by atoms with Crippen molar-refractivity contribution in [1.29, 1.82) is 0 Å². The molecule has 2 unspecified atom stereocenters. The molecule has 0 aromatic carbocycles.